The number of nitrogen functional groups attached to an aromatic ring is 1. The summed E-state index contributed by atoms with van der Waals surface area (Å²) in [5.74, 6) is 6.05. The number of anilines is 2. The third-order valence-electron chi connectivity index (χ3n) is 3.42. The molecule has 1 aromatic carbocycles. The largest absolute Gasteiger partial charge is 0.512 e. The van der Waals surface area contributed by atoms with Gasteiger partial charge in [0.1, 0.15) is 23.1 Å². The van der Waals surface area contributed by atoms with Crippen LogP contribution in [0.2, 0.25) is 0 Å². The van der Waals surface area contributed by atoms with Gasteiger partial charge in [0.05, 0.1) is 0 Å². The van der Waals surface area contributed by atoms with Gasteiger partial charge in [-0.25, -0.2) is 4.79 Å². The van der Waals surface area contributed by atoms with Gasteiger partial charge in [-0.15, -0.1) is 10.2 Å². The Balaban J connectivity index is 2.09. The van der Waals surface area contributed by atoms with Crippen LogP contribution in [0.4, 0.5) is 16.3 Å². The van der Waals surface area contributed by atoms with E-state index in [4.69, 9.17) is 11.5 Å². The van der Waals surface area contributed by atoms with Gasteiger partial charge in [0.25, 0.3) is 0 Å². The van der Waals surface area contributed by atoms with Crippen molar-refractivity contribution in [1.82, 2.24) is 10.2 Å². The van der Waals surface area contributed by atoms with Crippen molar-refractivity contribution in [3.63, 3.8) is 0 Å². The first kappa shape index (κ1) is 20.5. The van der Waals surface area contributed by atoms with E-state index in [2.05, 4.69) is 32.3 Å². The molecule has 0 unspecified atom stereocenters. The molecule has 2 aromatic rings. The molecule has 1 aromatic heterocycles. The number of hydrogen-bond donors (Lipinski definition) is 4. The molecule has 8 heteroatoms. The third-order valence-corrected chi connectivity index (χ3v) is 3.42. The van der Waals surface area contributed by atoms with E-state index in [0.29, 0.717) is 22.8 Å². The van der Waals surface area contributed by atoms with E-state index in [-0.39, 0.29) is 11.6 Å². The summed E-state index contributed by atoms with van der Waals surface area (Å²) in [4.78, 5) is 15.7. The number of allylic oxidation sites excluding steroid dienone is 1. The molecule has 2 amide bonds. The third kappa shape index (κ3) is 6.46. The second-order valence-electron chi connectivity index (χ2n) is 6.92. The van der Waals surface area contributed by atoms with E-state index in [9.17, 15) is 9.90 Å². The Bertz CT molecular complexity index is 976. The molecule has 0 radical (unpaired) electrons. The fourth-order valence-electron chi connectivity index (χ4n) is 1.88. The second-order valence-corrected chi connectivity index (χ2v) is 6.92. The number of aliphatic hydroxyl groups is 1. The van der Waals surface area contributed by atoms with Crippen molar-refractivity contribution in [2.45, 2.75) is 20.8 Å². The number of nitrogens with zero attached hydrogens (tertiary/aromatic N) is 3. The number of urea groups is 1. The van der Waals surface area contributed by atoms with Crippen molar-refractivity contribution >= 4 is 23.4 Å². The molecule has 1 heterocycles. The number of aliphatic imine (C=N–C) groups is 1. The number of hydrogen-bond acceptors (Lipinski definition) is 5. The Morgan fingerprint density at radius 2 is 1.96 bits per heavy atom. The van der Waals surface area contributed by atoms with E-state index in [1.165, 1.54) is 6.08 Å². The van der Waals surface area contributed by atoms with Crippen LogP contribution in [0.15, 0.2) is 53.2 Å². The lowest BCUT2D eigenvalue weighted by Gasteiger charge is -2.16. The van der Waals surface area contributed by atoms with Crippen molar-refractivity contribution in [2.75, 3.05) is 11.1 Å². The van der Waals surface area contributed by atoms with Crippen molar-refractivity contribution in [2.24, 2.45) is 16.1 Å². The van der Waals surface area contributed by atoms with Gasteiger partial charge in [-0.1, -0.05) is 32.8 Å². The first-order valence-electron chi connectivity index (χ1n) is 8.41. The van der Waals surface area contributed by atoms with E-state index >= 15 is 0 Å². The highest BCUT2D eigenvalue weighted by molar-refractivity contribution is 6.03. The van der Waals surface area contributed by atoms with Crippen molar-refractivity contribution in [3.05, 3.63) is 59.5 Å². The van der Waals surface area contributed by atoms with Crippen LogP contribution in [0.1, 0.15) is 32.0 Å². The summed E-state index contributed by atoms with van der Waals surface area (Å²) in [5, 5.41) is 20.1. The molecule has 0 saturated heterocycles. The molecule has 0 aliphatic heterocycles. The SMILES string of the molecule is CC(C)(C)/C(O)=C/C(N)=N\C(=O)Nc1cccc(C#Cc2ccc(N)nn2)c1. The minimum atomic E-state index is -0.662. The van der Waals surface area contributed by atoms with Gasteiger partial charge in [0.15, 0.2) is 0 Å². The van der Waals surface area contributed by atoms with Crippen LogP contribution in [-0.4, -0.2) is 27.2 Å². The molecule has 144 valence electrons. The molecule has 0 atom stereocenters. The number of nitrogens with two attached hydrogens (primary N) is 2. The number of rotatable bonds is 2. The maximum Gasteiger partial charge on any atom is 0.347 e. The lowest BCUT2D eigenvalue weighted by atomic mass is 9.93. The number of carbonyl (C=O) groups excluding carboxylic acids is 1. The normalized spacial score (nSPS) is 12.1. The average molecular weight is 378 g/mol. The van der Waals surface area contributed by atoms with Crippen molar-refractivity contribution < 1.29 is 9.90 Å². The van der Waals surface area contributed by atoms with Crippen LogP contribution >= 0.6 is 0 Å². The number of aliphatic hydroxyl groups excluding tert-OH is 1. The summed E-state index contributed by atoms with van der Waals surface area (Å²) in [6.45, 7) is 5.44. The summed E-state index contributed by atoms with van der Waals surface area (Å²) < 4.78 is 0. The van der Waals surface area contributed by atoms with Gasteiger partial charge < -0.3 is 21.9 Å². The number of amidine groups is 1. The van der Waals surface area contributed by atoms with Crippen LogP contribution < -0.4 is 16.8 Å². The zero-order chi connectivity index (χ0) is 20.7. The Morgan fingerprint density at radius 1 is 1.21 bits per heavy atom. The Kier molecular flexibility index (Phi) is 6.34. The van der Waals surface area contributed by atoms with Gasteiger partial charge >= 0.3 is 6.03 Å². The predicted octanol–water partition coefficient (Wildman–Crippen LogP) is 2.84. The van der Waals surface area contributed by atoms with Gasteiger partial charge in [-0.3, -0.25) is 0 Å². The van der Waals surface area contributed by atoms with Gasteiger partial charge in [0.2, 0.25) is 0 Å². The monoisotopic (exact) mass is 378 g/mol. The topological polar surface area (TPSA) is 140 Å². The summed E-state index contributed by atoms with van der Waals surface area (Å²) >= 11 is 0. The fraction of sp³-hybridized carbons (Fsp3) is 0.200. The maximum absolute atomic E-state index is 12.0. The van der Waals surface area contributed by atoms with Crippen LogP contribution in [0.25, 0.3) is 0 Å². The first-order chi connectivity index (χ1) is 13.1. The van der Waals surface area contributed by atoms with Crippen LogP contribution in [0.5, 0.6) is 0 Å². The molecule has 0 saturated carbocycles. The molecule has 8 nitrogen and oxygen atoms in total. The van der Waals surface area contributed by atoms with Crippen molar-refractivity contribution in [1.29, 1.82) is 0 Å². The lowest BCUT2D eigenvalue weighted by molar-refractivity contribution is 0.259. The minimum Gasteiger partial charge on any atom is -0.512 e. The molecule has 28 heavy (non-hydrogen) atoms. The van der Waals surface area contributed by atoms with Gasteiger partial charge in [-0.2, -0.15) is 4.99 Å². The van der Waals surface area contributed by atoms with Gasteiger partial charge in [-0.05, 0) is 36.3 Å². The minimum absolute atomic E-state index is 0.0320. The number of nitrogens with one attached hydrogen (secondary N) is 1. The Hall–Kier alpha value is -3.86. The molecule has 0 aliphatic carbocycles. The van der Waals surface area contributed by atoms with Crippen LogP contribution in [0.3, 0.4) is 0 Å². The summed E-state index contributed by atoms with van der Waals surface area (Å²) in [6.07, 6.45) is 1.26. The molecular formula is C20H22N6O2. The predicted molar refractivity (Wildman–Crippen MR) is 110 cm³/mol. The van der Waals surface area contributed by atoms with Gasteiger partial charge in [0, 0.05) is 22.7 Å². The van der Waals surface area contributed by atoms with Crippen LogP contribution in [0, 0.1) is 17.3 Å². The van der Waals surface area contributed by atoms with E-state index in [1.807, 2.05) is 20.8 Å². The molecule has 2 rings (SSSR count). The Morgan fingerprint density at radius 3 is 2.61 bits per heavy atom. The van der Waals surface area contributed by atoms with Crippen molar-refractivity contribution in [3.8, 4) is 11.8 Å². The number of amides is 2. The molecule has 0 bridgehead atoms. The van der Waals surface area contributed by atoms with E-state index in [1.54, 1.807) is 36.4 Å². The lowest BCUT2D eigenvalue weighted by Crippen LogP contribution is -2.18. The smallest absolute Gasteiger partial charge is 0.347 e. The highest BCUT2D eigenvalue weighted by Gasteiger charge is 2.16. The average Bonchev–Trinajstić information content (AvgIpc) is 2.60. The number of aromatic nitrogens is 2. The number of benzene rings is 1. The fourth-order valence-corrected chi connectivity index (χ4v) is 1.88. The molecule has 0 fully saturated rings. The standard InChI is InChI=1S/C20H22N6O2/c1-20(2,3)16(27)12-18(22)24-19(28)23-15-6-4-5-13(11-15)7-8-14-9-10-17(21)26-25-14/h4-6,9-12,27H,1-3H3,(H2,21,26)(H3,22,23,24,28)/b16-12-. The summed E-state index contributed by atoms with van der Waals surface area (Å²) in [6, 6.07) is 9.53. The van der Waals surface area contributed by atoms with Crippen LogP contribution in [-0.2, 0) is 0 Å². The van der Waals surface area contributed by atoms with E-state index < -0.39 is 11.4 Å². The Labute approximate surface area is 163 Å². The zero-order valence-electron chi connectivity index (χ0n) is 15.9. The summed E-state index contributed by atoms with van der Waals surface area (Å²) in [5.41, 5.74) is 12.3. The van der Waals surface area contributed by atoms with E-state index in [0.717, 1.165) is 0 Å². The molecule has 6 N–H and O–H groups in total. The highest BCUT2D eigenvalue weighted by atomic mass is 16.3. The second kappa shape index (κ2) is 8.68. The zero-order valence-corrected chi connectivity index (χ0v) is 15.9. The maximum atomic E-state index is 12.0. The summed E-state index contributed by atoms with van der Waals surface area (Å²) in [7, 11) is 0. The number of carbonyl (C=O) groups is 1. The molecule has 0 aliphatic rings. The molecule has 0 spiro atoms. The highest BCUT2D eigenvalue weighted by Crippen LogP contribution is 2.22. The quantitative estimate of drug-likeness (QED) is 0.274. The molecular weight excluding hydrogens is 356 g/mol. The first-order valence-corrected chi connectivity index (χ1v) is 8.41.